The van der Waals surface area contributed by atoms with Crippen LogP contribution in [0.2, 0.25) is 0 Å². The first-order valence-corrected chi connectivity index (χ1v) is 6.94. The van der Waals surface area contributed by atoms with Crippen LogP contribution in [0.25, 0.3) is 0 Å². The molecular weight excluding hydrogens is 222 g/mol. The molecule has 1 rings (SSSR count). The number of rotatable bonds is 6. The van der Waals surface area contributed by atoms with Crippen molar-refractivity contribution in [2.75, 3.05) is 6.54 Å². The molecule has 1 atom stereocenters. The monoisotopic (exact) mass is 249 g/mol. The van der Waals surface area contributed by atoms with E-state index in [1.807, 2.05) is 13.8 Å². The highest BCUT2D eigenvalue weighted by Gasteiger charge is 2.22. The van der Waals surface area contributed by atoms with Crippen LogP contribution in [0, 0.1) is 13.8 Å². The van der Waals surface area contributed by atoms with E-state index in [-0.39, 0.29) is 6.04 Å². The summed E-state index contributed by atoms with van der Waals surface area (Å²) in [5, 5.41) is 13.7. The predicted octanol–water partition coefficient (Wildman–Crippen LogP) is 3.51. The van der Waals surface area contributed by atoms with Crippen molar-refractivity contribution in [3.8, 4) is 0 Å². The fraction of sp³-hybridized carbons (Fsp3) is 0.625. The normalized spacial score (nSPS) is 13.7. The van der Waals surface area contributed by atoms with Crippen LogP contribution in [0.3, 0.4) is 0 Å². The summed E-state index contributed by atoms with van der Waals surface area (Å²) in [6.07, 6.45) is 1.58. The number of benzene rings is 1. The molecule has 0 aliphatic heterocycles. The van der Waals surface area contributed by atoms with Gasteiger partial charge < -0.3 is 10.4 Å². The second-order valence-electron chi connectivity index (χ2n) is 5.46. The number of aliphatic hydroxyl groups is 1. The Kier molecular flexibility index (Phi) is 5.36. The Hall–Kier alpha value is -0.860. The van der Waals surface area contributed by atoms with Crippen molar-refractivity contribution in [3.05, 3.63) is 34.9 Å². The molecule has 0 saturated heterocycles. The second kappa shape index (κ2) is 6.35. The molecule has 1 aromatic carbocycles. The minimum atomic E-state index is -0.576. The number of hydrogen-bond donors (Lipinski definition) is 2. The highest BCUT2D eigenvalue weighted by Crippen LogP contribution is 2.19. The van der Waals surface area contributed by atoms with Crippen molar-refractivity contribution in [2.24, 2.45) is 0 Å². The van der Waals surface area contributed by atoms with Crippen molar-refractivity contribution in [3.63, 3.8) is 0 Å². The largest absolute Gasteiger partial charge is 0.389 e. The third-order valence-corrected chi connectivity index (χ3v) is 3.80. The van der Waals surface area contributed by atoms with Crippen molar-refractivity contribution in [2.45, 2.75) is 59.1 Å². The van der Waals surface area contributed by atoms with Gasteiger partial charge in [0.15, 0.2) is 0 Å². The van der Waals surface area contributed by atoms with Crippen LogP contribution in [0.1, 0.15) is 56.3 Å². The van der Waals surface area contributed by atoms with Gasteiger partial charge in [-0.25, -0.2) is 0 Å². The van der Waals surface area contributed by atoms with E-state index in [2.05, 4.69) is 44.3 Å². The van der Waals surface area contributed by atoms with E-state index >= 15 is 0 Å². The fourth-order valence-electron chi connectivity index (χ4n) is 2.22. The molecule has 0 saturated carbocycles. The Morgan fingerprint density at radius 1 is 1.11 bits per heavy atom. The van der Waals surface area contributed by atoms with E-state index in [0.29, 0.717) is 6.54 Å². The molecular formula is C16H27NO. The smallest absolute Gasteiger partial charge is 0.0766 e. The summed E-state index contributed by atoms with van der Waals surface area (Å²) < 4.78 is 0. The van der Waals surface area contributed by atoms with E-state index in [0.717, 1.165) is 12.8 Å². The zero-order valence-electron chi connectivity index (χ0n) is 12.4. The number of nitrogens with one attached hydrogen (secondary N) is 1. The average Bonchev–Trinajstić information content (AvgIpc) is 2.34. The van der Waals surface area contributed by atoms with Gasteiger partial charge in [0.05, 0.1) is 5.60 Å². The zero-order chi connectivity index (χ0) is 13.8. The van der Waals surface area contributed by atoms with Gasteiger partial charge in [0, 0.05) is 12.6 Å². The van der Waals surface area contributed by atoms with Gasteiger partial charge in [-0.2, -0.15) is 0 Å². The molecule has 1 aromatic rings. The van der Waals surface area contributed by atoms with Crippen LogP contribution in [0.5, 0.6) is 0 Å². The molecule has 102 valence electrons. The standard InChI is InChI=1S/C16H27NO/c1-6-16(18,7-2)11-17-14(5)15-9-12(3)8-13(4)10-15/h8-10,14,17-18H,6-7,11H2,1-5H3. The third-order valence-electron chi connectivity index (χ3n) is 3.80. The second-order valence-corrected chi connectivity index (χ2v) is 5.46. The van der Waals surface area contributed by atoms with Gasteiger partial charge in [0.25, 0.3) is 0 Å². The summed E-state index contributed by atoms with van der Waals surface area (Å²) in [4.78, 5) is 0. The van der Waals surface area contributed by atoms with Crippen molar-refractivity contribution >= 4 is 0 Å². The molecule has 0 heterocycles. The van der Waals surface area contributed by atoms with Gasteiger partial charge >= 0.3 is 0 Å². The van der Waals surface area contributed by atoms with Gasteiger partial charge in [0.2, 0.25) is 0 Å². The molecule has 2 nitrogen and oxygen atoms in total. The molecule has 0 amide bonds. The number of aryl methyl sites for hydroxylation is 2. The van der Waals surface area contributed by atoms with E-state index in [9.17, 15) is 5.11 Å². The highest BCUT2D eigenvalue weighted by atomic mass is 16.3. The molecule has 0 bridgehead atoms. The summed E-state index contributed by atoms with van der Waals surface area (Å²) in [6.45, 7) is 11.1. The van der Waals surface area contributed by atoms with Crippen LogP contribution in [-0.2, 0) is 0 Å². The molecule has 0 radical (unpaired) electrons. The molecule has 0 spiro atoms. The fourth-order valence-corrected chi connectivity index (χ4v) is 2.22. The lowest BCUT2D eigenvalue weighted by Gasteiger charge is -2.28. The van der Waals surface area contributed by atoms with Crippen molar-refractivity contribution < 1.29 is 5.11 Å². The maximum Gasteiger partial charge on any atom is 0.0766 e. The summed E-state index contributed by atoms with van der Waals surface area (Å²) in [7, 11) is 0. The Bertz CT molecular complexity index is 362. The first-order chi connectivity index (χ1) is 8.40. The molecule has 0 aromatic heterocycles. The third kappa shape index (κ3) is 4.11. The lowest BCUT2D eigenvalue weighted by Crippen LogP contribution is -2.40. The van der Waals surface area contributed by atoms with E-state index in [1.54, 1.807) is 0 Å². The van der Waals surface area contributed by atoms with E-state index < -0.39 is 5.60 Å². The van der Waals surface area contributed by atoms with Crippen molar-refractivity contribution in [1.29, 1.82) is 0 Å². The van der Waals surface area contributed by atoms with Crippen LogP contribution >= 0.6 is 0 Å². The summed E-state index contributed by atoms with van der Waals surface area (Å²) in [6, 6.07) is 6.88. The molecule has 0 aliphatic rings. The van der Waals surface area contributed by atoms with Crippen LogP contribution in [0.4, 0.5) is 0 Å². The van der Waals surface area contributed by atoms with Gasteiger partial charge in [-0.15, -0.1) is 0 Å². The quantitative estimate of drug-likeness (QED) is 0.808. The first kappa shape index (κ1) is 15.2. The topological polar surface area (TPSA) is 32.3 Å². The predicted molar refractivity (Wildman–Crippen MR) is 77.9 cm³/mol. The van der Waals surface area contributed by atoms with E-state index in [1.165, 1.54) is 16.7 Å². The van der Waals surface area contributed by atoms with Gasteiger partial charge in [-0.1, -0.05) is 43.2 Å². The van der Waals surface area contributed by atoms with Gasteiger partial charge in [0.1, 0.15) is 0 Å². The molecule has 2 heteroatoms. The van der Waals surface area contributed by atoms with Crippen LogP contribution < -0.4 is 5.32 Å². The number of hydrogen-bond acceptors (Lipinski definition) is 2. The SMILES string of the molecule is CCC(O)(CC)CNC(C)c1cc(C)cc(C)c1. The van der Waals surface area contributed by atoms with Gasteiger partial charge in [-0.05, 0) is 39.2 Å². The Balaban J connectivity index is 2.68. The molecule has 1 unspecified atom stereocenters. The molecule has 2 N–H and O–H groups in total. The van der Waals surface area contributed by atoms with Gasteiger partial charge in [-0.3, -0.25) is 0 Å². The lowest BCUT2D eigenvalue weighted by molar-refractivity contribution is 0.0303. The maximum absolute atomic E-state index is 10.3. The van der Waals surface area contributed by atoms with Crippen LogP contribution in [0.15, 0.2) is 18.2 Å². The Morgan fingerprint density at radius 3 is 2.06 bits per heavy atom. The lowest BCUT2D eigenvalue weighted by atomic mass is 9.96. The average molecular weight is 249 g/mol. The summed E-state index contributed by atoms with van der Waals surface area (Å²) >= 11 is 0. The minimum Gasteiger partial charge on any atom is -0.389 e. The Labute approximate surface area is 111 Å². The molecule has 0 aliphatic carbocycles. The van der Waals surface area contributed by atoms with E-state index in [4.69, 9.17) is 0 Å². The highest BCUT2D eigenvalue weighted by molar-refractivity contribution is 5.30. The van der Waals surface area contributed by atoms with Crippen molar-refractivity contribution in [1.82, 2.24) is 5.32 Å². The zero-order valence-corrected chi connectivity index (χ0v) is 12.4. The molecule has 18 heavy (non-hydrogen) atoms. The Morgan fingerprint density at radius 2 is 1.61 bits per heavy atom. The maximum atomic E-state index is 10.3. The molecule has 0 fully saturated rings. The minimum absolute atomic E-state index is 0.272. The summed E-state index contributed by atoms with van der Waals surface area (Å²) in [5.74, 6) is 0. The first-order valence-electron chi connectivity index (χ1n) is 6.94. The summed E-state index contributed by atoms with van der Waals surface area (Å²) in [5.41, 5.74) is 3.30. The van der Waals surface area contributed by atoms with Crippen LogP contribution in [-0.4, -0.2) is 17.3 Å².